The number of nitrogens with one attached hydrogen (secondary N) is 2. The van der Waals surface area contributed by atoms with E-state index in [0.29, 0.717) is 5.56 Å². The van der Waals surface area contributed by atoms with Crippen LogP contribution in [0, 0.1) is 0 Å². The zero-order chi connectivity index (χ0) is 18.4. The molecule has 0 aliphatic carbocycles. The molecule has 0 atom stereocenters. The normalized spacial score (nSPS) is 11.7. The van der Waals surface area contributed by atoms with Crippen molar-refractivity contribution in [2.24, 2.45) is 5.10 Å². The molecule has 1 heterocycles. The van der Waals surface area contributed by atoms with Gasteiger partial charge in [-0.15, -0.1) is 0 Å². The smallest absolute Gasteiger partial charge is 0.276 e. The van der Waals surface area contributed by atoms with E-state index in [4.69, 9.17) is 0 Å². The molecule has 0 bridgehead atoms. The molecule has 7 heteroatoms. The highest BCUT2D eigenvalue weighted by molar-refractivity contribution is 7.89. The van der Waals surface area contributed by atoms with Crippen LogP contribution in [0.5, 0.6) is 0 Å². The summed E-state index contributed by atoms with van der Waals surface area (Å²) in [6.45, 7) is 2.08. The van der Waals surface area contributed by atoms with E-state index in [-0.39, 0.29) is 4.90 Å². The Morgan fingerprint density at radius 1 is 1.12 bits per heavy atom. The highest BCUT2D eigenvalue weighted by atomic mass is 32.2. The molecule has 0 aliphatic rings. The molecule has 134 valence electrons. The number of sulfonamides is 1. The summed E-state index contributed by atoms with van der Waals surface area (Å²) in [7, 11) is -3.70. The topological polar surface area (TPSA) is 87.2 Å². The Hall–Kier alpha value is -2.93. The van der Waals surface area contributed by atoms with Crippen LogP contribution in [0.25, 0.3) is 11.3 Å². The lowest BCUT2D eigenvalue weighted by Crippen LogP contribution is -2.18. The fourth-order valence-corrected chi connectivity index (χ4v) is 3.36. The SMILES string of the molecule is CCCc1ccc(S(=O)(=O)N/N=C/c2cn[nH]c2-c2ccccc2)cc1. The average molecular weight is 368 g/mol. The lowest BCUT2D eigenvalue weighted by molar-refractivity contribution is 0.584. The third-order valence-corrected chi connectivity index (χ3v) is 5.12. The Balaban J connectivity index is 1.73. The standard InChI is InChI=1S/C19H20N4O2S/c1-2-6-15-9-11-18(12-10-15)26(24,25)23-21-14-17-13-20-22-19(17)16-7-4-3-5-8-16/h3-5,7-14,23H,2,6H2,1H3,(H,20,22)/b21-14+. The lowest BCUT2D eigenvalue weighted by Gasteiger charge is -2.05. The highest BCUT2D eigenvalue weighted by Crippen LogP contribution is 2.19. The van der Waals surface area contributed by atoms with Crippen LogP contribution < -0.4 is 4.83 Å². The molecular formula is C19H20N4O2S. The molecule has 1 aromatic heterocycles. The number of hydrogen-bond donors (Lipinski definition) is 2. The third kappa shape index (κ3) is 4.18. The van der Waals surface area contributed by atoms with Gasteiger partial charge in [-0.2, -0.15) is 18.6 Å². The van der Waals surface area contributed by atoms with Crippen molar-refractivity contribution in [2.45, 2.75) is 24.7 Å². The molecular weight excluding hydrogens is 348 g/mol. The van der Waals surface area contributed by atoms with Gasteiger partial charge in [-0.1, -0.05) is 55.8 Å². The maximum atomic E-state index is 12.3. The van der Waals surface area contributed by atoms with Crippen LogP contribution in [0.15, 0.2) is 70.8 Å². The van der Waals surface area contributed by atoms with Gasteiger partial charge in [0.1, 0.15) is 0 Å². The van der Waals surface area contributed by atoms with Crippen LogP contribution >= 0.6 is 0 Å². The van der Waals surface area contributed by atoms with Crippen LogP contribution in [0.1, 0.15) is 24.5 Å². The molecule has 2 N–H and O–H groups in total. The summed E-state index contributed by atoms with van der Waals surface area (Å²) in [4.78, 5) is 2.43. The van der Waals surface area contributed by atoms with Crippen LogP contribution in [0.2, 0.25) is 0 Å². The van der Waals surface area contributed by atoms with Gasteiger partial charge in [-0.3, -0.25) is 5.10 Å². The number of hydrogen-bond acceptors (Lipinski definition) is 4. The number of rotatable bonds is 7. The van der Waals surface area contributed by atoms with Crippen molar-refractivity contribution in [1.29, 1.82) is 0 Å². The van der Waals surface area contributed by atoms with Gasteiger partial charge in [0.25, 0.3) is 10.0 Å². The molecule has 0 saturated heterocycles. The molecule has 0 amide bonds. The minimum atomic E-state index is -3.70. The van der Waals surface area contributed by atoms with Crippen molar-refractivity contribution in [3.05, 3.63) is 71.9 Å². The predicted octanol–water partition coefficient (Wildman–Crippen LogP) is 3.34. The Bertz CT molecular complexity index is 978. The van der Waals surface area contributed by atoms with Crippen molar-refractivity contribution in [2.75, 3.05) is 0 Å². The van der Waals surface area contributed by atoms with E-state index in [1.54, 1.807) is 18.3 Å². The Kier molecular flexibility index (Phi) is 5.48. The first-order chi connectivity index (χ1) is 12.6. The summed E-state index contributed by atoms with van der Waals surface area (Å²) in [5.74, 6) is 0. The van der Waals surface area contributed by atoms with Crippen molar-refractivity contribution >= 4 is 16.2 Å². The Labute approximate surface area is 153 Å². The van der Waals surface area contributed by atoms with E-state index in [0.717, 1.165) is 29.7 Å². The fraction of sp³-hybridized carbons (Fsp3) is 0.158. The van der Waals surface area contributed by atoms with Gasteiger partial charge in [0.15, 0.2) is 0 Å². The van der Waals surface area contributed by atoms with E-state index in [1.807, 2.05) is 42.5 Å². The quantitative estimate of drug-likeness (QED) is 0.495. The zero-order valence-corrected chi connectivity index (χ0v) is 15.2. The number of aryl methyl sites for hydroxylation is 1. The minimum absolute atomic E-state index is 0.185. The molecule has 3 rings (SSSR count). The predicted molar refractivity (Wildman–Crippen MR) is 102 cm³/mol. The largest absolute Gasteiger partial charge is 0.277 e. The molecule has 0 fully saturated rings. The number of benzene rings is 2. The van der Waals surface area contributed by atoms with Crippen molar-refractivity contribution in [1.82, 2.24) is 15.0 Å². The van der Waals surface area contributed by atoms with Gasteiger partial charge < -0.3 is 0 Å². The summed E-state index contributed by atoms with van der Waals surface area (Å²) in [5, 5.41) is 10.8. The van der Waals surface area contributed by atoms with Crippen molar-refractivity contribution < 1.29 is 8.42 Å². The van der Waals surface area contributed by atoms with Gasteiger partial charge in [0.05, 0.1) is 23.0 Å². The molecule has 0 unspecified atom stereocenters. The molecule has 0 aliphatic heterocycles. The van der Waals surface area contributed by atoms with Crippen LogP contribution in [0.4, 0.5) is 0 Å². The van der Waals surface area contributed by atoms with E-state index in [9.17, 15) is 8.42 Å². The third-order valence-electron chi connectivity index (χ3n) is 3.88. The second-order valence-electron chi connectivity index (χ2n) is 5.81. The van der Waals surface area contributed by atoms with Crippen LogP contribution in [0.3, 0.4) is 0 Å². The number of aromatic nitrogens is 2. The number of H-pyrrole nitrogens is 1. The first-order valence-electron chi connectivity index (χ1n) is 8.33. The molecule has 3 aromatic rings. The van der Waals surface area contributed by atoms with E-state index < -0.39 is 10.0 Å². The minimum Gasteiger partial charge on any atom is -0.277 e. The van der Waals surface area contributed by atoms with E-state index in [2.05, 4.69) is 27.1 Å². The van der Waals surface area contributed by atoms with Gasteiger partial charge in [-0.25, -0.2) is 4.83 Å². The lowest BCUT2D eigenvalue weighted by atomic mass is 10.1. The van der Waals surface area contributed by atoms with Crippen molar-refractivity contribution in [3.63, 3.8) is 0 Å². The first-order valence-corrected chi connectivity index (χ1v) is 9.81. The zero-order valence-electron chi connectivity index (χ0n) is 14.4. The average Bonchev–Trinajstić information content (AvgIpc) is 3.12. The van der Waals surface area contributed by atoms with Crippen LogP contribution in [-0.4, -0.2) is 24.8 Å². The second kappa shape index (κ2) is 7.97. The highest BCUT2D eigenvalue weighted by Gasteiger charge is 2.12. The second-order valence-corrected chi connectivity index (χ2v) is 7.47. The van der Waals surface area contributed by atoms with Gasteiger partial charge in [-0.05, 0) is 24.1 Å². The number of hydrazone groups is 1. The maximum Gasteiger partial charge on any atom is 0.276 e. The molecule has 26 heavy (non-hydrogen) atoms. The molecule has 6 nitrogen and oxygen atoms in total. The Morgan fingerprint density at radius 3 is 2.54 bits per heavy atom. The molecule has 0 spiro atoms. The summed E-state index contributed by atoms with van der Waals surface area (Å²) in [6, 6.07) is 16.5. The van der Waals surface area contributed by atoms with Crippen LogP contribution in [-0.2, 0) is 16.4 Å². The van der Waals surface area contributed by atoms with E-state index in [1.165, 1.54) is 6.21 Å². The van der Waals surface area contributed by atoms with Gasteiger partial charge in [0, 0.05) is 11.1 Å². The summed E-state index contributed by atoms with van der Waals surface area (Å²) < 4.78 is 24.7. The number of aromatic amines is 1. The van der Waals surface area contributed by atoms with Gasteiger partial charge >= 0.3 is 0 Å². The Morgan fingerprint density at radius 2 is 1.85 bits per heavy atom. The first kappa shape index (κ1) is 17.9. The fourth-order valence-electron chi connectivity index (χ4n) is 2.57. The molecule has 0 saturated carbocycles. The summed E-state index contributed by atoms with van der Waals surface area (Å²) in [5.41, 5.74) is 3.52. The van der Waals surface area contributed by atoms with Gasteiger partial charge in [0.2, 0.25) is 0 Å². The molecule has 0 radical (unpaired) electrons. The number of nitrogens with zero attached hydrogens (tertiary/aromatic N) is 2. The molecule has 2 aromatic carbocycles. The van der Waals surface area contributed by atoms with Crippen molar-refractivity contribution in [3.8, 4) is 11.3 Å². The monoisotopic (exact) mass is 368 g/mol. The summed E-state index contributed by atoms with van der Waals surface area (Å²) in [6.07, 6.45) is 4.98. The summed E-state index contributed by atoms with van der Waals surface area (Å²) >= 11 is 0. The van der Waals surface area contributed by atoms with E-state index >= 15 is 0 Å². The maximum absolute atomic E-state index is 12.3.